The molecule has 1 aliphatic heterocycles. The summed E-state index contributed by atoms with van der Waals surface area (Å²) in [6, 6.07) is 9.92. The van der Waals surface area contributed by atoms with Gasteiger partial charge in [-0.3, -0.25) is 14.5 Å². The molecule has 0 unspecified atom stereocenters. The number of carbonyl (C=O) groups is 1. The second-order valence-electron chi connectivity index (χ2n) is 7.71. The minimum atomic E-state index is -0.296. The van der Waals surface area contributed by atoms with Crippen LogP contribution in [-0.4, -0.2) is 28.9 Å². The number of carbonyl (C=O) groups excluding carboxylic acids is 1. The van der Waals surface area contributed by atoms with Crippen LogP contribution in [0.2, 0.25) is 0 Å². The summed E-state index contributed by atoms with van der Waals surface area (Å²) < 4.78 is 13.0. The van der Waals surface area contributed by atoms with Crippen LogP contribution in [0.3, 0.4) is 0 Å². The summed E-state index contributed by atoms with van der Waals surface area (Å²) >= 11 is 0. The number of H-pyrrole nitrogens is 1. The summed E-state index contributed by atoms with van der Waals surface area (Å²) in [4.78, 5) is 30.8. The molecule has 2 N–H and O–H groups in total. The Morgan fingerprint density at radius 3 is 2.69 bits per heavy atom. The van der Waals surface area contributed by atoms with E-state index in [-0.39, 0.29) is 23.7 Å². The van der Waals surface area contributed by atoms with E-state index in [1.54, 1.807) is 12.1 Å². The van der Waals surface area contributed by atoms with Crippen LogP contribution in [0.15, 0.2) is 41.2 Å². The van der Waals surface area contributed by atoms with Crippen LogP contribution in [0.25, 0.3) is 10.9 Å². The number of aryl methyl sites for hydroxylation is 2. The van der Waals surface area contributed by atoms with Crippen LogP contribution in [0.4, 0.5) is 4.39 Å². The molecule has 0 saturated heterocycles. The van der Waals surface area contributed by atoms with Crippen molar-refractivity contribution in [2.75, 3.05) is 13.1 Å². The third-order valence-electron chi connectivity index (χ3n) is 5.72. The van der Waals surface area contributed by atoms with E-state index in [2.05, 4.69) is 10.3 Å². The maximum atomic E-state index is 13.0. The van der Waals surface area contributed by atoms with Crippen molar-refractivity contribution in [3.63, 3.8) is 0 Å². The Bertz CT molecular complexity index is 1140. The van der Waals surface area contributed by atoms with Gasteiger partial charge >= 0.3 is 0 Å². The van der Waals surface area contributed by atoms with E-state index in [1.807, 2.05) is 30.9 Å². The van der Waals surface area contributed by atoms with Crippen LogP contribution < -0.4 is 10.7 Å². The van der Waals surface area contributed by atoms with Gasteiger partial charge in [0.1, 0.15) is 5.82 Å². The van der Waals surface area contributed by atoms with E-state index in [0.29, 0.717) is 31.4 Å². The van der Waals surface area contributed by atoms with E-state index < -0.39 is 0 Å². The number of hydrogen-bond acceptors (Lipinski definition) is 3. The lowest BCUT2D eigenvalue weighted by Crippen LogP contribution is -2.41. The molecule has 6 heteroatoms. The minimum absolute atomic E-state index is 0.0493. The largest absolute Gasteiger partial charge is 0.358 e. The minimum Gasteiger partial charge on any atom is -0.358 e. The molecule has 150 valence electrons. The summed E-state index contributed by atoms with van der Waals surface area (Å²) in [5.74, 6) is -0.406. The van der Waals surface area contributed by atoms with Gasteiger partial charge in [0.25, 0.3) is 0 Å². The first kappa shape index (κ1) is 19.3. The first-order chi connectivity index (χ1) is 13.9. The molecule has 1 amide bonds. The second kappa shape index (κ2) is 7.79. The van der Waals surface area contributed by atoms with Gasteiger partial charge in [-0.25, -0.2) is 4.39 Å². The van der Waals surface area contributed by atoms with Gasteiger partial charge in [-0.05, 0) is 48.7 Å². The average molecular weight is 393 g/mol. The molecule has 0 radical (unpaired) electrons. The molecule has 0 atom stereocenters. The van der Waals surface area contributed by atoms with E-state index in [4.69, 9.17) is 0 Å². The molecule has 2 aromatic carbocycles. The van der Waals surface area contributed by atoms with Crippen molar-refractivity contribution in [1.29, 1.82) is 0 Å². The molecule has 5 nitrogen and oxygen atoms in total. The topological polar surface area (TPSA) is 65.2 Å². The Morgan fingerprint density at radius 1 is 1.17 bits per heavy atom. The van der Waals surface area contributed by atoms with Crippen LogP contribution >= 0.6 is 0 Å². The van der Waals surface area contributed by atoms with E-state index in [9.17, 15) is 14.0 Å². The molecule has 1 aromatic heterocycles. The van der Waals surface area contributed by atoms with Crippen molar-refractivity contribution >= 4 is 16.8 Å². The van der Waals surface area contributed by atoms with Crippen LogP contribution in [0.1, 0.15) is 27.9 Å². The number of nitrogens with zero attached hydrogens (tertiary/aromatic N) is 1. The lowest BCUT2D eigenvalue weighted by atomic mass is 9.99. The maximum absolute atomic E-state index is 13.0. The fourth-order valence-corrected chi connectivity index (χ4v) is 3.84. The predicted octanol–water partition coefficient (Wildman–Crippen LogP) is 2.96. The Morgan fingerprint density at radius 2 is 1.93 bits per heavy atom. The first-order valence-electron chi connectivity index (χ1n) is 9.80. The maximum Gasteiger partial charge on any atom is 0.234 e. The number of nitrogens with one attached hydrogen (secondary N) is 2. The van der Waals surface area contributed by atoms with E-state index in [1.165, 1.54) is 12.1 Å². The Balaban J connectivity index is 1.46. The molecule has 2 heterocycles. The number of amides is 1. The van der Waals surface area contributed by atoms with Gasteiger partial charge in [-0.1, -0.05) is 18.2 Å². The van der Waals surface area contributed by atoms with Crippen molar-refractivity contribution in [1.82, 2.24) is 15.2 Å². The predicted molar refractivity (Wildman–Crippen MR) is 111 cm³/mol. The highest BCUT2D eigenvalue weighted by molar-refractivity contribution is 5.83. The van der Waals surface area contributed by atoms with Crippen molar-refractivity contribution in [2.24, 2.45) is 0 Å². The number of halogens is 1. The van der Waals surface area contributed by atoms with E-state index in [0.717, 1.165) is 33.5 Å². The molecule has 0 saturated carbocycles. The normalized spacial score (nSPS) is 14.0. The van der Waals surface area contributed by atoms with Crippen molar-refractivity contribution in [3.8, 4) is 0 Å². The Kier molecular flexibility index (Phi) is 5.20. The molecule has 0 aliphatic carbocycles. The zero-order valence-electron chi connectivity index (χ0n) is 16.6. The monoisotopic (exact) mass is 393 g/mol. The zero-order valence-corrected chi connectivity index (χ0v) is 16.6. The number of pyridine rings is 1. The average Bonchev–Trinajstić information content (AvgIpc) is 2.71. The molecule has 3 aromatic rings. The summed E-state index contributed by atoms with van der Waals surface area (Å²) in [5, 5.41) is 3.56. The van der Waals surface area contributed by atoms with Crippen LogP contribution in [0.5, 0.6) is 0 Å². The Hall–Kier alpha value is -2.99. The van der Waals surface area contributed by atoms with Crippen molar-refractivity contribution in [2.45, 2.75) is 33.4 Å². The molecule has 0 bridgehead atoms. The van der Waals surface area contributed by atoms with Gasteiger partial charge in [-0.15, -0.1) is 0 Å². The number of hydrogen-bond donors (Lipinski definition) is 2. The summed E-state index contributed by atoms with van der Waals surface area (Å²) in [6.45, 7) is 5.82. The van der Waals surface area contributed by atoms with Crippen LogP contribution in [-0.2, 0) is 24.3 Å². The van der Waals surface area contributed by atoms with Gasteiger partial charge in [-0.2, -0.15) is 0 Å². The summed E-state index contributed by atoms with van der Waals surface area (Å²) in [6.07, 6.45) is 0.707. The highest BCUT2D eigenvalue weighted by atomic mass is 19.1. The molecule has 1 aliphatic rings. The highest BCUT2D eigenvalue weighted by Crippen LogP contribution is 2.22. The smallest absolute Gasteiger partial charge is 0.234 e. The third kappa shape index (κ3) is 3.93. The SMILES string of the molecule is Cc1ccc2c(=O)c3c([nH]c2c1C)CCN(CC(=O)NCc1ccc(F)cc1)C3. The van der Waals surface area contributed by atoms with E-state index >= 15 is 0 Å². The summed E-state index contributed by atoms with van der Waals surface area (Å²) in [7, 11) is 0. The number of aromatic nitrogens is 1. The molecule has 0 spiro atoms. The number of aromatic amines is 1. The summed E-state index contributed by atoms with van der Waals surface area (Å²) in [5.41, 5.74) is 5.79. The Labute approximate surface area is 168 Å². The standard InChI is InChI=1S/C23H24FN3O2/c1-14-3-8-18-22(15(14)2)26-20-9-10-27(12-19(20)23(18)29)13-21(28)25-11-16-4-6-17(24)7-5-16/h3-8H,9-13H2,1-2H3,(H,25,28)(H,26,29). The zero-order chi connectivity index (χ0) is 20.5. The lowest BCUT2D eigenvalue weighted by Gasteiger charge is -2.28. The highest BCUT2D eigenvalue weighted by Gasteiger charge is 2.23. The van der Waals surface area contributed by atoms with Crippen molar-refractivity contribution in [3.05, 3.63) is 80.4 Å². The molecule has 4 rings (SSSR count). The number of benzene rings is 2. The van der Waals surface area contributed by atoms with Crippen LogP contribution in [0, 0.1) is 19.7 Å². The van der Waals surface area contributed by atoms with Crippen molar-refractivity contribution < 1.29 is 9.18 Å². The van der Waals surface area contributed by atoms with Gasteiger partial charge in [0.15, 0.2) is 5.43 Å². The lowest BCUT2D eigenvalue weighted by molar-refractivity contribution is -0.122. The first-order valence-corrected chi connectivity index (χ1v) is 9.80. The number of fused-ring (bicyclic) bond motifs is 2. The van der Waals surface area contributed by atoms with Gasteiger partial charge < -0.3 is 10.3 Å². The fraction of sp³-hybridized carbons (Fsp3) is 0.304. The molecular formula is C23H24FN3O2. The third-order valence-corrected chi connectivity index (χ3v) is 5.72. The quantitative estimate of drug-likeness (QED) is 0.716. The van der Waals surface area contributed by atoms with Gasteiger partial charge in [0.05, 0.1) is 12.1 Å². The molecular weight excluding hydrogens is 369 g/mol. The fourth-order valence-electron chi connectivity index (χ4n) is 3.84. The molecule has 29 heavy (non-hydrogen) atoms. The van der Waals surface area contributed by atoms with Gasteiger partial charge in [0, 0.05) is 42.7 Å². The molecule has 0 fully saturated rings. The van der Waals surface area contributed by atoms with Gasteiger partial charge in [0.2, 0.25) is 5.91 Å². The number of rotatable bonds is 4. The second-order valence-corrected chi connectivity index (χ2v) is 7.71.